The van der Waals surface area contributed by atoms with E-state index < -0.39 is 12.1 Å². The molecule has 0 aromatic carbocycles. The van der Waals surface area contributed by atoms with E-state index >= 15 is 0 Å². The van der Waals surface area contributed by atoms with Crippen LogP contribution in [0.2, 0.25) is 0 Å². The van der Waals surface area contributed by atoms with E-state index in [2.05, 4.69) is 38.2 Å². The van der Waals surface area contributed by atoms with Gasteiger partial charge in [-0.3, -0.25) is 19.2 Å². The smallest absolute Gasteiger partial charge is 0.307 e. The van der Waals surface area contributed by atoms with Gasteiger partial charge < -0.3 is 42.2 Å². The number of unbranched alkanes of at least 4 members (excludes halogenated alkanes) is 27. The van der Waals surface area contributed by atoms with E-state index in [0.29, 0.717) is 65.1 Å². The van der Waals surface area contributed by atoms with E-state index in [1.54, 1.807) is 9.80 Å². The summed E-state index contributed by atoms with van der Waals surface area (Å²) in [6.45, 7) is 7.56. The highest BCUT2D eigenvalue weighted by Gasteiger charge is 2.24. The molecule has 0 fully saturated rings. The molecule has 0 saturated heterocycles. The molecule has 0 heterocycles. The molecule has 12 nitrogen and oxygen atoms in total. The molecule has 0 aliphatic carbocycles. The fraction of sp³-hybridized carbons (Fsp3) is 0.862. The first-order chi connectivity index (χ1) is 34.2. The Morgan fingerprint density at radius 2 is 0.690 bits per heavy atom. The highest BCUT2D eigenvalue weighted by molar-refractivity contribution is 5.85. The molecule has 0 aliphatic rings. The Hall–Kier alpha value is -2.51. The lowest BCUT2D eigenvalue weighted by Gasteiger charge is -2.28. The van der Waals surface area contributed by atoms with E-state index in [4.69, 9.17) is 32.4 Å². The second-order valence-electron chi connectivity index (χ2n) is 20.0. The SMILES string of the molecule is CCCCCCCC/C=C\CCCCCCCCOC(=O)CCN(CCCCN(CCC(=O)OCCCCCCCC/C=C\CCCCCCCC)C(=O)[C@H](N)CCCCN)C(=O)[C@H](N)CCCCN.Cl. The number of nitrogens with zero attached hydrogens (tertiary/aromatic N) is 2. The second kappa shape index (κ2) is 55.2. The van der Waals surface area contributed by atoms with Gasteiger partial charge in [0.25, 0.3) is 0 Å². The van der Waals surface area contributed by atoms with Crippen LogP contribution in [0.3, 0.4) is 0 Å². The molecule has 71 heavy (non-hydrogen) atoms. The summed E-state index contributed by atoms with van der Waals surface area (Å²) in [5, 5.41) is 0. The number of allylic oxidation sites excluding steroid dienone is 4. The van der Waals surface area contributed by atoms with Gasteiger partial charge >= 0.3 is 11.9 Å². The Bertz CT molecular complexity index is 1180. The quantitative estimate of drug-likeness (QED) is 0.0258. The summed E-state index contributed by atoms with van der Waals surface area (Å²) in [5.74, 6) is -1.03. The lowest BCUT2D eigenvalue weighted by atomic mass is 10.1. The molecular formula is C58H113ClN6O6. The van der Waals surface area contributed by atoms with Crippen LogP contribution in [0.1, 0.15) is 258 Å². The van der Waals surface area contributed by atoms with Crippen molar-refractivity contribution in [1.82, 2.24) is 9.80 Å². The summed E-state index contributed by atoms with van der Waals surface area (Å²) in [5.41, 5.74) is 24.1. The van der Waals surface area contributed by atoms with Gasteiger partial charge in [-0.25, -0.2) is 0 Å². The number of ether oxygens (including phenoxy) is 2. The van der Waals surface area contributed by atoms with Crippen molar-refractivity contribution >= 4 is 36.2 Å². The second-order valence-corrected chi connectivity index (χ2v) is 20.0. The molecule has 8 N–H and O–H groups in total. The number of carbonyl (C=O) groups is 4. The number of halogens is 1. The van der Waals surface area contributed by atoms with Crippen LogP contribution < -0.4 is 22.9 Å². The Kier molecular flexibility index (Phi) is 54.9. The molecule has 2 atom stereocenters. The highest BCUT2D eigenvalue weighted by atomic mass is 35.5. The lowest BCUT2D eigenvalue weighted by Crippen LogP contribution is -2.46. The number of hydrogen-bond donors (Lipinski definition) is 4. The molecule has 0 aromatic rings. The fourth-order valence-electron chi connectivity index (χ4n) is 8.67. The van der Waals surface area contributed by atoms with Gasteiger partial charge in [0, 0.05) is 26.2 Å². The first kappa shape index (κ1) is 70.6. The van der Waals surface area contributed by atoms with Crippen molar-refractivity contribution in [2.75, 3.05) is 52.5 Å². The first-order valence-corrected chi connectivity index (χ1v) is 29.3. The van der Waals surface area contributed by atoms with Gasteiger partial charge in [0.2, 0.25) is 11.8 Å². The number of amides is 2. The van der Waals surface area contributed by atoms with Crippen molar-refractivity contribution < 1.29 is 28.7 Å². The third-order valence-electron chi connectivity index (χ3n) is 13.3. The van der Waals surface area contributed by atoms with Gasteiger partial charge in [-0.2, -0.15) is 0 Å². The van der Waals surface area contributed by atoms with Crippen LogP contribution >= 0.6 is 12.4 Å². The van der Waals surface area contributed by atoms with Crippen LogP contribution in [-0.4, -0.2) is 98.1 Å². The molecule has 0 unspecified atom stereocenters. The first-order valence-electron chi connectivity index (χ1n) is 29.3. The van der Waals surface area contributed by atoms with Gasteiger partial charge in [-0.05, 0) is 116 Å². The van der Waals surface area contributed by atoms with Crippen LogP contribution in [0.15, 0.2) is 24.3 Å². The molecule has 13 heteroatoms. The van der Waals surface area contributed by atoms with Crippen molar-refractivity contribution in [3.63, 3.8) is 0 Å². The molecule has 0 radical (unpaired) electrons. The fourth-order valence-corrected chi connectivity index (χ4v) is 8.67. The Balaban J connectivity index is 0. The lowest BCUT2D eigenvalue weighted by molar-refractivity contribution is -0.146. The molecule has 0 saturated carbocycles. The number of carbonyl (C=O) groups excluding carboxylic acids is 4. The predicted octanol–water partition coefficient (Wildman–Crippen LogP) is 12.7. The minimum absolute atomic E-state index is 0. The van der Waals surface area contributed by atoms with Gasteiger partial charge in [0.05, 0.1) is 38.1 Å². The van der Waals surface area contributed by atoms with E-state index in [1.165, 1.54) is 128 Å². The minimum Gasteiger partial charge on any atom is -0.466 e. The summed E-state index contributed by atoms with van der Waals surface area (Å²) >= 11 is 0. The van der Waals surface area contributed by atoms with Crippen LogP contribution in [0, 0.1) is 0 Å². The van der Waals surface area contributed by atoms with Crippen molar-refractivity contribution in [2.24, 2.45) is 22.9 Å². The molecule has 0 aromatic heterocycles. The van der Waals surface area contributed by atoms with Gasteiger partial charge in [0.15, 0.2) is 0 Å². The van der Waals surface area contributed by atoms with Crippen LogP contribution in [-0.2, 0) is 28.7 Å². The topological polar surface area (TPSA) is 197 Å². The zero-order valence-electron chi connectivity index (χ0n) is 46.1. The summed E-state index contributed by atoms with van der Waals surface area (Å²) < 4.78 is 11.1. The minimum atomic E-state index is -0.684. The van der Waals surface area contributed by atoms with Crippen molar-refractivity contribution in [3.8, 4) is 0 Å². The Morgan fingerprint density at radius 3 is 1.00 bits per heavy atom. The average Bonchev–Trinajstić information content (AvgIpc) is 3.36. The van der Waals surface area contributed by atoms with E-state index in [9.17, 15) is 19.2 Å². The normalized spacial score (nSPS) is 12.3. The zero-order chi connectivity index (χ0) is 51.4. The summed E-state index contributed by atoms with van der Waals surface area (Å²) in [6.07, 6.45) is 49.0. The van der Waals surface area contributed by atoms with Crippen molar-refractivity contribution in [3.05, 3.63) is 24.3 Å². The molecule has 0 bridgehead atoms. The predicted molar refractivity (Wildman–Crippen MR) is 301 cm³/mol. The van der Waals surface area contributed by atoms with Gasteiger partial charge in [-0.15, -0.1) is 12.4 Å². The van der Waals surface area contributed by atoms with Gasteiger partial charge in [0.1, 0.15) is 0 Å². The number of rotatable bonds is 53. The van der Waals surface area contributed by atoms with E-state index in [-0.39, 0.29) is 62.1 Å². The molecule has 0 aliphatic heterocycles. The maximum absolute atomic E-state index is 13.5. The molecular weight excluding hydrogens is 912 g/mol. The summed E-state index contributed by atoms with van der Waals surface area (Å²) in [6, 6.07) is -1.37. The van der Waals surface area contributed by atoms with Crippen molar-refractivity contribution in [2.45, 2.75) is 270 Å². The molecule has 0 rings (SSSR count). The van der Waals surface area contributed by atoms with Crippen LogP contribution in [0.25, 0.3) is 0 Å². The van der Waals surface area contributed by atoms with E-state index in [1.807, 2.05) is 0 Å². The van der Waals surface area contributed by atoms with Crippen molar-refractivity contribution in [1.29, 1.82) is 0 Å². The molecule has 418 valence electrons. The van der Waals surface area contributed by atoms with E-state index in [0.717, 1.165) is 77.0 Å². The monoisotopic (exact) mass is 1020 g/mol. The Labute approximate surface area is 442 Å². The largest absolute Gasteiger partial charge is 0.466 e. The molecule has 0 spiro atoms. The summed E-state index contributed by atoms with van der Waals surface area (Å²) in [4.78, 5) is 56.0. The highest BCUT2D eigenvalue weighted by Crippen LogP contribution is 2.14. The number of hydrogen-bond acceptors (Lipinski definition) is 10. The Morgan fingerprint density at radius 1 is 0.394 bits per heavy atom. The maximum Gasteiger partial charge on any atom is 0.307 e. The summed E-state index contributed by atoms with van der Waals surface area (Å²) in [7, 11) is 0. The van der Waals surface area contributed by atoms with Crippen LogP contribution in [0.5, 0.6) is 0 Å². The number of esters is 2. The third kappa shape index (κ3) is 47.0. The van der Waals surface area contributed by atoms with Gasteiger partial charge in [-0.1, -0.05) is 167 Å². The molecule has 2 amide bonds. The zero-order valence-corrected chi connectivity index (χ0v) is 46.9. The number of nitrogens with two attached hydrogens (primary N) is 4. The van der Waals surface area contributed by atoms with Crippen LogP contribution in [0.4, 0.5) is 0 Å². The third-order valence-corrected chi connectivity index (χ3v) is 13.3. The standard InChI is InChI=1S/C58H112N6O6.ClH/c1-3-5-7-9-11-13-15-17-19-21-23-25-27-29-31-39-51-69-55(65)43-49-63(57(67)53(61)41-33-35-45-59)47-37-38-48-64(58(68)54(62)42-34-36-46-60)50-44-56(66)70-52-40-32-30-28-26-24-22-20-18-16-14-12-10-8-6-4-2;/h17-20,53-54H,3-16,21-52,59-62H2,1-2H3;1H/b19-17-,20-18-;/t53-,54-;/m1./s1. The maximum atomic E-state index is 13.5. The average molecular weight is 1030 g/mol.